The van der Waals surface area contributed by atoms with Crippen LogP contribution in [0.3, 0.4) is 0 Å². The molecular weight excluding hydrogens is 357 g/mol. The maximum absolute atomic E-state index is 13.8. The van der Waals surface area contributed by atoms with Crippen LogP contribution in [0, 0.1) is 11.7 Å². The van der Waals surface area contributed by atoms with Gasteiger partial charge in [0.2, 0.25) is 0 Å². The summed E-state index contributed by atoms with van der Waals surface area (Å²) < 4.78 is 21.3. The van der Waals surface area contributed by atoms with Gasteiger partial charge in [0.25, 0.3) is 5.56 Å². The lowest BCUT2D eigenvalue weighted by atomic mass is 9.78. The van der Waals surface area contributed by atoms with Crippen LogP contribution >= 0.6 is 0 Å². The lowest BCUT2D eigenvalue weighted by Gasteiger charge is -2.47. The Morgan fingerprint density at radius 2 is 2.04 bits per heavy atom. The Morgan fingerprint density at radius 1 is 1.21 bits per heavy atom. The molecule has 2 aliphatic heterocycles. The highest BCUT2D eigenvalue weighted by atomic mass is 19.1. The summed E-state index contributed by atoms with van der Waals surface area (Å²) >= 11 is 0. The Labute approximate surface area is 165 Å². The number of hydrogen-bond donors (Lipinski definition) is 0. The van der Waals surface area contributed by atoms with E-state index in [1.165, 1.54) is 6.07 Å². The first-order valence-corrected chi connectivity index (χ1v) is 9.87. The predicted molar refractivity (Wildman–Crippen MR) is 107 cm³/mol. The number of rotatable bonds is 5. The Balaban J connectivity index is 1.65. The molecule has 2 aliphatic rings. The molecule has 5 nitrogen and oxygen atoms in total. The second-order valence-corrected chi connectivity index (χ2v) is 8.33. The van der Waals surface area contributed by atoms with Gasteiger partial charge in [-0.25, -0.2) is 4.39 Å². The summed E-state index contributed by atoms with van der Waals surface area (Å²) in [6, 6.07) is 10.5. The molecule has 3 heterocycles. The van der Waals surface area contributed by atoms with Crippen LogP contribution in [0.4, 0.5) is 4.39 Å². The standard InChI is InChI=1S/C22H28FN3O2/c1-24(2)14-20-16-9-15(19-5-4-6-22(27)26(19)20)11-25(12-16)13-17-10-18(23)7-8-21(17)28-3/h4-8,10,15-16,20H,9,11-14H2,1-3H3/t15-,16+,20+/m1/s1. The average Bonchev–Trinajstić information content (AvgIpc) is 2.65. The lowest BCUT2D eigenvalue weighted by molar-refractivity contribution is 0.0738. The van der Waals surface area contributed by atoms with Crippen molar-refractivity contribution in [2.45, 2.75) is 24.9 Å². The first-order valence-electron chi connectivity index (χ1n) is 9.87. The second kappa shape index (κ2) is 7.68. The molecule has 6 heteroatoms. The summed E-state index contributed by atoms with van der Waals surface area (Å²) in [7, 11) is 5.73. The molecule has 1 aromatic heterocycles. The Morgan fingerprint density at radius 3 is 2.79 bits per heavy atom. The number of fused-ring (bicyclic) bond motifs is 4. The minimum absolute atomic E-state index is 0.0966. The van der Waals surface area contributed by atoms with Crippen LogP contribution in [0.25, 0.3) is 0 Å². The van der Waals surface area contributed by atoms with E-state index >= 15 is 0 Å². The number of hydrogen-bond acceptors (Lipinski definition) is 4. The van der Waals surface area contributed by atoms with Gasteiger partial charge in [0.1, 0.15) is 11.6 Å². The van der Waals surface area contributed by atoms with Crippen molar-refractivity contribution < 1.29 is 9.13 Å². The maximum atomic E-state index is 13.8. The number of halogens is 1. The molecule has 4 rings (SSSR count). The Bertz CT molecular complexity index is 911. The van der Waals surface area contributed by atoms with Crippen LogP contribution in [-0.4, -0.2) is 55.2 Å². The molecule has 0 N–H and O–H groups in total. The van der Waals surface area contributed by atoms with E-state index in [2.05, 4.69) is 30.0 Å². The van der Waals surface area contributed by atoms with Crippen molar-refractivity contribution in [1.82, 2.24) is 14.4 Å². The van der Waals surface area contributed by atoms with Gasteiger partial charge in [-0.1, -0.05) is 6.07 Å². The largest absolute Gasteiger partial charge is 0.496 e. The number of likely N-dealkylation sites (tertiary alicyclic amines) is 1. The molecule has 0 saturated carbocycles. The van der Waals surface area contributed by atoms with Crippen molar-refractivity contribution in [3.8, 4) is 5.75 Å². The number of likely N-dealkylation sites (N-methyl/N-ethyl adjacent to an activating group) is 1. The summed E-state index contributed by atoms with van der Waals surface area (Å²) in [5.74, 6) is 1.20. The van der Waals surface area contributed by atoms with E-state index in [1.807, 2.05) is 10.6 Å². The summed E-state index contributed by atoms with van der Waals surface area (Å²) in [6.07, 6.45) is 1.10. The van der Waals surface area contributed by atoms with Gasteiger partial charge >= 0.3 is 0 Å². The SMILES string of the molecule is COc1ccc(F)cc1CN1C[C@H]2C[C@@H](C1)[C@H](CN(C)C)n1c2cccc1=O. The van der Waals surface area contributed by atoms with Gasteiger partial charge < -0.3 is 14.2 Å². The third kappa shape index (κ3) is 3.59. The number of pyridine rings is 1. The van der Waals surface area contributed by atoms with E-state index in [-0.39, 0.29) is 17.4 Å². The van der Waals surface area contributed by atoms with Gasteiger partial charge in [0.05, 0.1) is 13.2 Å². The monoisotopic (exact) mass is 385 g/mol. The minimum atomic E-state index is -0.240. The molecule has 150 valence electrons. The molecule has 2 bridgehead atoms. The molecule has 0 radical (unpaired) electrons. The molecular formula is C22H28FN3O2. The molecule has 3 atom stereocenters. The van der Waals surface area contributed by atoms with Gasteiger partial charge in [-0.2, -0.15) is 0 Å². The van der Waals surface area contributed by atoms with Crippen molar-refractivity contribution in [2.75, 3.05) is 40.8 Å². The van der Waals surface area contributed by atoms with E-state index in [9.17, 15) is 9.18 Å². The Kier molecular flexibility index (Phi) is 5.25. The van der Waals surface area contributed by atoms with Gasteiger partial charge in [0, 0.05) is 49.4 Å². The van der Waals surface area contributed by atoms with Gasteiger partial charge in [0.15, 0.2) is 0 Å². The van der Waals surface area contributed by atoms with E-state index in [0.717, 1.165) is 43.1 Å². The molecule has 1 saturated heterocycles. The molecule has 0 amide bonds. The van der Waals surface area contributed by atoms with E-state index < -0.39 is 0 Å². The zero-order valence-electron chi connectivity index (χ0n) is 16.8. The van der Waals surface area contributed by atoms with E-state index in [1.54, 1.807) is 25.3 Å². The van der Waals surface area contributed by atoms with E-state index in [4.69, 9.17) is 4.74 Å². The summed E-state index contributed by atoms with van der Waals surface area (Å²) in [6.45, 7) is 3.26. The number of methoxy groups -OCH3 is 1. The summed E-state index contributed by atoms with van der Waals surface area (Å²) in [5.41, 5.74) is 2.10. The van der Waals surface area contributed by atoms with Crippen molar-refractivity contribution in [2.24, 2.45) is 5.92 Å². The normalized spacial score (nSPS) is 24.2. The van der Waals surface area contributed by atoms with Gasteiger partial charge in [-0.15, -0.1) is 0 Å². The second-order valence-electron chi connectivity index (χ2n) is 8.33. The zero-order chi connectivity index (χ0) is 19.8. The predicted octanol–water partition coefficient (Wildman–Crippen LogP) is 2.72. The van der Waals surface area contributed by atoms with E-state index in [0.29, 0.717) is 18.4 Å². The van der Waals surface area contributed by atoms with Crippen LogP contribution in [0.2, 0.25) is 0 Å². The molecule has 0 spiro atoms. The number of ether oxygens (including phenoxy) is 1. The first-order chi connectivity index (χ1) is 13.5. The van der Waals surface area contributed by atoms with Crippen LogP contribution in [-0.2, 0) is 6.54 Å². The summed E-state index contributed by atoms with van der Waals surface area (Å²) in [5, 5.41) is 0. The molecule has 28 heavy (non-hydrogen) atoms. The number of aromatic nitrogens is 1. The highest BCUT2D eigenvalue weighted by Gasteiger charge is 2.40. The summed E-state index contributed by atoms with van der Waals surface area (Å²) in [4.78, 5) is 17.2. The number of benzene rings is 1. The molecule has 2 aromatic rings. The Hall–Kier alpha value is -2.18. The topological polar surface area (TPSA) is 37.7 Å². The maximum Gasteiger partial charge on any atom is 0.251 e. The average molecular weight is 385 g/mol. The number of piperidine rings is 1. The molecule has 0 aliphatic carbocycles. The van der Waals surface area contributed by atoms with Crippen LogP contribution in [0.15, 0.2) is 41.2 Å². The smallest absolute Gasteiger partial charge is 0.251 e. The van der Waals surface area contributed by atoms with Crippen molar-refractivity contribution >= 4 is 0 Å². The van der Waals surface area contributed by atoms with Gasteiger partial charge in [-0.05, 0) is 50.7 Å². The molecule has 1 aromatic carbocycles. The first kappa shape index (κ1) is 19.2. The third-order valence-electron chi connectivity index (χ3n) is 6.06. The number of nitrogens with zero attached hydrogens (tertiary/aromatic N) is 3. The van der Waals surface area contributed by atoms with Crippen LogP contribution in [0.5, 0.6) is 5.75 Å². The highest BCUT2D eigenvalue weighted by molar-refractivity contribution is 5.34. The fourth-order valence-corrected chi connectivity index (χ4v) is 4.99. The zero-order valence-corrected chi connectivity index (χ0v) is 16.8. The molecule has 1 fully saturated rings. The quantitative estimate of drug-likeness (QED) is 0.793. The van der Waals surface area contributed by atoms with Crippen molar-refractivity contribution in [3.05, 3.63) is 63.8 Å². The van der Waals surface area contributed by atoms with Crippen LogP contribution in [0.1, 0.15) is 29.6 Å². The lowest BCUT2D eigenvalue weighted by Crippen LogP contribution is -2.51. The minimum Gasteiger partial charge on any atom is -0.496 e. The molecule has 0 unspecified atom stereocenters. The van der Waals surface area contributed by atoms with Crippen molar-refractivity contribution in [3.63, 3.8) is 0 Å². The fourth-order valence-electron chi connectivity index (χ4n) is 4.99. The highest BCUT2D eigenvalue weighted by Crippen LogP contribution is 2.41. The van der Waals surface area contributed by atoms with Gasteiger partial charge in [-0.3, -0.25) is 9.69 Å². The van der Waals surface area contributed by atoms with Crippen LogP contribution < -0.4 is 10.3 Å². The third-order valence-corrected chi connectivity index (χ3v) is 6.06. The van der Waals surface area contributed by atoms with Crippen molar-refractivity contribution in [1.29, 1.82) is 0 Å². The fraction of sp³-hybridized carbons (Fsp3) is 0.500.